The van der Waals surface area contributed by atoms with Crippen LogP contribution >= 0.6 is 0 Å². The van der Waals surface area contributed by atoms with E-state index in [4.69, 9.17) is 9.47 Å². The number of benzene rings is 1. The van der Waals surface area contributed by atoms with E-state index in [0.29, 0.717) is 17.1 Å². The summed E-state index contributed by atoms with van der Waals surface area (Å²) < 4.78 is 51.6. The van der Waals surface area contributed by atoms with E-state index < -0.39 is 6.36 Å². The highest BCUT2D eigenvalue weighted by Gasteiger charge is 2.31. The van der Waals surface area contributed by atoms with Crippen LogP contribution in [-0.4, -0.2) is 37.1 Å². The van der Waals surface area contributed by atoms with E-state index in [-0.39, 0.29) is 17.4 Å². The minimum atomic E-state index is -4.78. The largest absolute Gasteiger partial charge is 0.573 e. The topological polar surface area (TPSA) is 65.5 Å². The van der Waals surface area contributed by atoms with Crippen molar-refractivity contribution in [3.63, 3.8) is 0 Å². The number of hydrogen-bond acceptors (Lipinski definition) is 6. The van der Waals surface area contributed by atoms with E-state index in [1.165, 1.54) is 26.4 Å². The van der Waals surface area contributed by atoms with Crippen LogP contribution in [0.3, 0.4) is 0 Å². The van der Waals surface area contributed by atoms with Gasteiger partial charge in [-0.2, -0.15) is 4.98 Å². The van der Waals surface area contributed by atoms with Gasteiger partial charge in [-0.15, -0.1) is 13.2 Å². The highest BCUT2D eigenvalue weighted by molar-refractivity contribution is 5.72. The molecule has 2 rings (SSSR count). The summed E-state index contributed by atoms with van der Waals surface area (Å²) in [6.45, 7) is 2.88. The molecule has 0 bridgehead atoms. The van der Waals surface area contributed by atoms with Gasteiger partial charge in [-0.25, -0.2) is 4.98 Å². The predicted molar refractivity (Wildman–Crippen MR) is 95.3 cm³/mol. The summed E-state index contributed by atoms with van der Waals surface area (Å²) in [5, 5.41) is 3.17. The summed E-state index contributed by atoms with van der Waals surface area (Å²) in [5.41, 5.74) is 0.793. The molecule has 2 aromatic rings. The number of anilines is 1. The summed E-state index contributed by atoms with van der Waals surface area (Å²) in [7, 11) is 2.79. The molecule has 0 saturated heterocycles. The fourth-order valence-electron chi connectivity index (χ4n) is 2.44. The molecule has 0 aliphatic rings. The highest BCUT2D eigenvalue weighted by Crippen LogP contribution is 2.37. The third-order valence-corrected chi connectivity index (χ3v) is 3.68. The number of hydrogen-bond donors (Lipinski definition) is 1. The summed E-state index contributed by atoms with van der Waals surface area (Å²) in [4.78, 5) is 8.70. The van der Waals surface area contributed by atoms with Gasteiger partial charge in [-0.05, 0) is 18.6 Å². The number of nitrogens with one attached hydrogen (secondary N) is 1. The molecule has 1 aromatic heterocycles. The van der Waals surface area contributed by atoms with Gasteiger partial charge in [-0.3, -0.25) is 0 Å². The van der Waals surface area contributed by atoms with Gasteiger partial charge in [0.2, 0.25) is 5.88 Å². The van der Waals surface area contributed by atoms with Crippen LogP contribution < -0.4 is 19.5 Å². The van der Waals surface area contributed by atoms with Crippen LogP contribution in [0.15, 0.2) is 24.4 Å². The first-order valence-corrected chi connectivity index (χ1v) is 8.47. The van der Waals surface area contributed by atoms with Crippen LogP contribution in [0.1, 0.15) is 26.2 Å². The normalized spacial score (nSPS) is 11.2. The molecule has 0 amide bonds. The molecule has 148 valence electrons. The SMILES string of the molecule is CCCCCNc1cnc(-c2ccc(OC(F)(F)F)cc2OC)c(OC)n1. The highest BCUT2D eigenvalue weighted by atomic mass is 19.4. The Labute approximate surface area is 155 Å². The predicted octanol–water partition coefficient (Wildman–Crippen LogP) is 4.66. The van der Waals surface area contributed by atoms with E-state index in [1.54, 1.807) is 6.20 Å². The average Bonchev–Trinajstić information content (AvgIpc) is 2.64. The van der Waals surface area contributed by atoms with Crippen molar-refractivity contribution in [3.05, 3.63) is 24.4 Å². The van der Waals surface area contributed by atoms with Crippen LogP contribution in [0.25, 0.3) is 11.3 Å². The summed E-state index contributed by atoms with van der Waals surface area (Å²) in [6.07, 6.45) is -0.00211. The van der Waals surface area contributed by atoms with Gasteiger partial charge in [0, 0.05) is 18.2 Å². The molecule has 0 atom stereocenters. The van der Waals surface area contributed by atoms with E-state index in [2.05, 4.69) is 26.9 Å². The smallest absolute Gasteiger partial charge is 0.496 e. The zero-order valence-corrected chi connectivity index (χ0v) is 15.4. The molecular weight excluding hydrogens is 363 g/mol. The summed E-state index contributed by atoms with van der Waals surface area (Å²) in [6, 6.07) is 3.74. The molecule has 0 unspecified atom stereocenters. The first kappa shape index (κ1) is 20.6. The van der Waals surface area contributed by atoms with Crippen molar-refractivity contribution in [1.29, 1.82) is 0 Å². The molecule has 0 aliphatic heterocycles. The number of ether oxygens (including phenoxy) is 3. The Bertz CT molecular complexity index is 754. The molecule has 9 heteroatoms. The molecule has 0 saturated carbocycles. The van der Waals surface area contributed by atoms with E-state index in [0.717, 1.165) is 31.9 Å². The number of unbranched alkanes of at least 4 members (excludes halogenated alkanes) is 2. The lowest BCUT2D eigenvalue weighted by Gasteiger charge is -2.14. The van der Waals surface area contributed by atoms with Gasteiger partial charge in [0.15, 0.2) is 0 Å². The van der Waals surface area contributed by atoms with Crippen molar-refractivity contribution in [2.24, 2.45) is 0 Å². The fourth-order valence-corrected chi connectivity index (χ4v) is 2.44. The summed E-state index contributed by atoms with van der Waals surface area (Å²) >= 11 is 0. The third-order valence-electron chi connectivity index (χ3n) is 3.68. The maximum atomic E-state index is 12.4. The first-order valence-electron chi connectivity index (χ1n) is 8.47. The fraction of sp³-hybridized carbons (Fsp3) is 0.444. The Morgan fingerprint density at radius 2 is 1.89 bits per heavy atom. The minimum Gasteiger partial charge on any atom is -0.496 e. The van der Waals surface area contributed by atoms with Crippen LogP contribution in [0.5, 0.6) is 17.4 Å². The lowest BCUT2D eigenvalue weighted by Crippen LogP contribution is -2.17. The Hall–Kier alpha value is -2.71. The second-order valence-electron chi connectivity index (χ2n) is 5.66. The first-order chi connectivity index (χ1) is 12.9. The Morgan fingerprint density at radius 1 is 1.11 bits per heavy atom. The molecule has 0 fully saturated rings. The van der Waals surface area contributed by atoms with Gasteiger partial charge < -0.3 is 19.5 Å². The van der Waals surface area contributed by atoms with Crippen molar-refractivity contribution in [3.8, 4) is 28.6 Å². The maximum absolute atomic E-state index is 12.4. The Kier molecular flexibility index (Phi) is 7.09. The molecule has 6 nitrogen and oxygen atoms in total. The number of rotatable bonds is 9. The van der Waals surface area contributed by atoms with Crippen LogP contribution in [0.4, 0.5) is 19.0 Å². The zero-order valence-electron chi connectivity index (χ0n) is 15.4. The summed E-state index contributed by atoms with van der Waals surface area (Å²) in [5.74, 6) is 0.568. The number of nitrogens with zero attached hydrogens (tertiary/aromatic N) is 2. The van der Waals surface area contributed by atoms with E-state index in [9.17, 15) is 13.2 Å². The van der Waals surface area contributed by atoms with E-state index >= 15 is 0 Å². The van der Waals surface area contributed by atoms with Gasteiger partial charge in [-0.1, -0.05) is 19.8 Å². The minimum absolute atomic E-state index is 0.160. The maximum Gasteiger partial charge on any atom is 0.573 e. The third kappa shape index (κ3) is 5.90. The molecular formula is C18H22F3N3O3. The van der Waals surface area contributed by atoms with Crippen LogP contribution in [-0.2, 0) is 0 Å². The zero-order chi connectivity index (χ0) is 19.9. The van der Waals surface area contributed by atoms with Crippen molar-refractivity contribution in [2.75, 3.05) is 26.1 Å². The molecule has 0 spiro atoms. The number of aromatic nitrogens is 2. The Balaban J connectivity index is 2.28. The van der Waals surface area contributed by atoms with Gasteiger partial charge in [0.25, 0.3) is 0 Å². The second kappa shape index (κ2) is 9.29. The van der Waals surface area contributed by atoms with Crippen molar-refractivity contribution in [1.82, 2.24) is 9.97 Å². The van der Waals surface area contributed by atoms with Gasteiger partial charge >= 0.3 is 6.36 Å². The van der Waals surface area contributed by atoms with Gasteiger partial charge in [0.05, 0.1) is 20.4 Å². The van der Waals surface area contributed by atoms with Crippen molar-refractivity contribution >= 4 is 5.82 Å². The number of halogens is 3. The van der Waals surface area contributed by atoms with Gasteiger partial charge in [0.1, 0.15) is 23.0 Å². The Morgan fingerprint density at radius 3 is 2.52 bits per heavy atom. The molecule has 1 N–H and O–H groups in total. The molecule has 0 aliphatic carbocycles. The van der Waals surface area contributed by atoms with Crippen LogP contribution in [0, 0.1) is 0 Å². The number of methoxy groups -OCH3 is 2. The number of alkyl halides is 3. The lowest BCUT2D eigenvalue weighted by atomic mass is 10.1. The average molecular weight is 385 g/mol. The second-order valence-corrected chi connectivity index (χ2v) is 5.66. The monoisotopic (exact) mass is 385 g/mol. The van der Waals surface area contributed by atoms with Crippen LogP contribution in [0.2, 0.25) is 0 Å². The van der Waals surface area contributed by atoms with Crippen molar-refractivity contribution < 1.29 is 27.4 Å². The standard InChI is InChI=1S/C18H22F3N3O3/c1-4-5-6-9-22-15-11-23-16(17(24-15)26-3)13-8-7-12(10-14(13)25-2)27-18(19,20)21/h7-8,10-11H,4-6,9H2,1-3H3,(H,22,24). The molecule has 0 radical (unpaired) electrons. The lowest BCUT2D eigenvalue weighted by molar-refractivity contribution is -0.274. The molecule has 1 aromatic carbocycles. The van der Waals surface area contributed by atoms with Crippen molar-refractivity contribution in [2.45, 2.75) is 32.5 Å². The van der Waals surface area contributed by atoms with E-state index in [1.807, 2.05) is 0 Å². The quantitative estimate of drug-likeness (QED) is 0.633. The molecule has 1 heterocycles. The molecule has 27 heavy (non-hydrogen) atoms.